The first kappa shape index (κ1) is 29.8. The number of fused-ring (bicyclic) bond motifs is 18. The Hall–Kier alpha value is -7.58. The minimum absolute atomic E-state index is 0.0649. The first-order valence-corrected chi connectivity index (χ1v) is 18.9. The van der Waals surface area contributed by atoms with Gasteiger partial charge in [0, 0.05) is 34.8 Å². The van der Waals surface area contributed by atoms with Crippen LogP contribution in [0, 0.1) is 0 Å². The highest BCUT2D eigenvalue weighted by Crippen LogP contribution is 2.51. The highest BCUT2D eigenvalue weighted by molar-refractivity contribution is 6.07. The third-order valence-electron chi connectivity index (χ3n) is 11.7. The summed E-state index contributed by atoms with van der Waals surface area (Å²) in [5.74, 6) is 1.70. The number of para-hydroxylation sites is 5. The molecule has 262 valence electrons. The summed E-state index contributed by atoms with van der Waals surface area (Å²) in [5, 5.41) is 0. The highest BCUT2D eigenvalue weighted by Gasteiger charge is 2.44. The summed E-state index contributed by atoms with van der Waals surface area (Å²) in [6.45, 7) is 0. The van der Waals surface area contributed by atoms with E-state index in [0.29, 0.717) is 6.02 Å². The number of nitrogens with zero attached hydrogens (tertiary/aromatic N) is 7. The van der Waals surface area contributed by atoms with E-state index in [4.69, 9.17) is 24.7 Å². The minimum atomic E-state index is -0.0702. The SMILES string of the molecule is C1=CC2N=C3Oc4c(-c5ccc6c(c5)-c5cccnc5-c5ncccc5-c5ccccc5-6)cccc4N3C2C=C1n1c2ccccc2n2c3ccccc3nc12. The summed E-state index contributed by atoms with van der Waals surface area (Å²) >= 11 is 0. The molecule has 0 N–H and O–H groups in total. The number of allylic oxidation sites excluding steroid dienone is 2. The second-order valence-electron chi connectivity index (χ2n) is 14.6. The number of ether oxygens (including phenoxy) is 1. The van der Waals surface area contributed by atoms with E-state index in [1.165, 1.54) is 0 Å². The monoisotopic (exact) mass is 719 g/mol. The molecule has 2 aliphatic carbocycles. The Morgan fingerprint density at radius 3 is 2.09 bits per heavy atom. The van der Waals surface area contributed by atoms with Gasteiger partial charge in [0.1, 0.15) is 0 Å². The Bertz CT molecular complexity index is 3270. The summed E-state index contributed by atoms with van der Waals surface area (Å²) < 4.78 is 11.3. The summed E-state index contributed by atoms with van der Waals surface area (Å²) in [5.41, 5.74) is 16.8. The average Bonchev–Trinajstić information content (AvgIpc) is 4.00. The fourth-order valence-electron chi connectivity index (χ4n) is 9.28. The molecule has 0 saturated carbocycles. The predicted octanol–water partition coefficient (Wildman–Crippen LogP) is 10.3. The first-order chi connectivity index (χ1) is 27.8. The average molecular weight is 720 g/mol. The van der Waals surface area contributed by atoms with Gasteiger partial charge < -0.3 is 4.74 Å². The van der Waals surface area contributed by atoms with Crippen LogP contribution in [0.3, 0.4) is 0 Å². The molecule has 0 fully saturated rings. The van der Waals surface area contributed by atoms with Crippen LogP contribution in [0.5, 0.6) is 5.75 Å². The van der Waals surface area contributed by atoms with Gasteiger partial charge in [0.25, 0.3) is 6.02 Å². The molecule has 8 heteroatoms. The standard InChI is InChI=1S/C48H29N7O/c1-2-11-32-31(10-1)33-22-20-28(26-36(33)35-14-9-25-50-45(35)44-34(32)13-8-24-49-44)30-12-7-19-42-46(30)56-48-52-38-23-21-29(27-43(38)55(42)48)53-40-17-5-6-18-41(40)54-39-16-4-3-15-37(39)51-47(53)54/h1-27,38,43H. The number of benzene rings is 5. The first-order valence-electron chi connectivity index (χ1n) is 18.9. The molecule has 2 atom stereocenters. The third kappa shape index (κ3) is 3.96. The zero-order valence-electron chi connectivity index (χ0n) is 29.8. The topological polar surface area (TPSA) is 72.8 Å². The van der Waals surface area contributed by atoms with Gasteiger partial charge in [-0.25, -0.2) is 9.98 Å². The Morgan fingerprint density at radius 1 is 0.571 bits per heavy atom. The smallest absolute Gasteiger partial charge is 0.299 e. The number of anilines is 1. The van der Waals surface area contributed by atoms with Gasteiger partial charge in [-0.2, -0.15) is 0 Å². The van der Waals surface area contributed by atoms with Crippen LogP contribution in [0.25, 0.3) is 89.4 Å². The molecule has 0 spiro atoms. The van der Waals surface area contributed by atoms with Crippen LogP contribution >= 0.6 is 0 Å². The van der Waals surface area contributed by atoms with Crippen LogP contribution in [0.2, 0.25) is 0 Å². The molecule has 4 aliphatic rings. The molecule has 56 heavy (non-hydrogen) atoms. The van der Waals surface area contributed by atoms with Gasteiger partial charge in [-0.3, -0.25) is 23.8 Å². The van der Waals surface area contributed by atoms with Gasteiger partial charge in [-0.15, -0.1) is 0 Å². The molecule has 0 amide bonds. The lowest BCUT2D eigenvalue weighted by Crippen LogP contribution is -2.38. The quantitative estimate of drug-likeness (QED) is 0.178. The van der Waals surface area contributed by atoms with Gasteiger partial charge >= 0.3 is 0 Å². The van der Waals surface area contributed by atoms with Crippen molar-refractivity contribution in [1.29, 1.82) is 0 Å². The summed E-state index contributed by atoms with van der Waals surface area (Å²) in [4.78, 5) is 22.3. The van der Waals surface area contributed by atoms with Crippen molar-refractivity contribution < 1.29 is 4.74 Å². The Labute approximate surface area is 320 Å². The van der Waals surface area contributed by atoms with Crippen LogP contribution in [-0.4, -0.2) is 42.0 Å². The number of rotatable bonds is 2. The van der Waals surface area contributed by atoms with Crippen LogP contribution < -0.4 is 9.64 Å². The van der Waals surface area contributed by atoms with Crippen molar-refractivity contribution in [3.63, 3.8) is 0 Å². The van der Waals surface area contributed by atoms with Crippen molar-refractivity contribution in [2.24, 2.45) is 4.99 Å². The molecule has 0 radical (unpaired) electrons. The lowest BCUT2D eigenvalue weighted by molar-refractivity contribution is 0.568. The summed E-state index contributed by atoms with van der Waals surface area (Å²) in [7, 11) is 0. The van der Waals surface area contributed by atoms with E-state index in [2.05, 4.69) is 147 Å². The maximum Gasteiger partial charge on any atom is 0.299 e. The predicted molar refractivity (Wildman–Crippen MR) is 222 cm³/mol. The Morgan fingerprint density at radius 2 is 1.25 bits per heavy atom. The fourth-order valence-corrected chi connectivity index (χ4v) is 9.28. The van der Waals surface area contributed by atoms with E-state index in [9.17, 15) is 0 Å². The number of aromatic nitrogens is 5. The lowest BCUT2D eigenvalue weighted by Gasteiger charge is -2.25. The fraction of sp³-hybridized carbons (Fsp3) is 0.0417. The second kappa shape index (κ2) is 11.0. The maximum absolute atomic E-state index is 6.74. The van der Waals surface area contributed by atoms with Crippen molar-refractivity contribution >= 4 is 45.3 Å². The van der Waals surface area contributed by atoms with Gasteiger partial charge in [0.05, 0.1) is 51.2 Å². The van der Waals surface area contributed by atoms with Crippen LogP contribution in [0.15, 0.2) is 169 Å². The third-order valence-corrected chi connectivity index (χ3v) is 11.7. The van der Waals surface area contributed by atoms with Gasteiger partial charge in [-0.1, -0.05) is 91.0 Å². The molecule has 9 aromatic rings. The van der Waals surface area contributed by atoms with Crippen LogP contribution in [0.4, 0.5) is 5.69 Å². The van der Waals surface area contributed by atoms with Gasteiger partial charge in [-0.05, 0) is 88.5 Å². The molecule has 0 bridgehead atoms. The summed E-state index contributed by atoms with van der Waals surface area (Å²) in [6.07, 6.45) is 10.4. The number of hydrogen-bond donors (Lipinski definition) is 0. The highest BCUT2D eigenvalue weighted by atomic mass is 16.5. The van der Waals surface area contributed by atoms with Crippen molar-refractivity contribution in [1.82, 2.24) is 23.9 Å². The van der Waals surface area contributed by atoms with E-state index in [-0.39, 0.29) is 12.1 Å². The van der Waals surface area contributed by atoms with E-state index in [0.717, 1.165) is 101 Å². The molecular formula is C48H29N7O. The van der Waals surface area contributed by atoms with Crippen molar-refractivity contribution in [2.75, 3.05) is 4.90 Å². The Balaban J connectivity index is 0.944. The Kier molecular flexibility index (Phi) is 5.85. The van der Waals surface area contributed by atoms with E-state index in [1.54, 1.807) is 0 Å². The van der Waals surface area contributed by atoms with Crippen molar-refractivity contribution in [3.05, 3.63) is 164 Å². The normalized spacial score (nSPS) is 17.2. The minimum Gasteiger partial charge on any atom is -0.423 e. The zero-order valence-corrected chi connectivity index (χ0v) is 29.8. The molecule has 6 heterocycles. The second-order valence-corrected chi connectivity index (χ2v) is 14.6. The molecule has 2 aliphatic heterocycles. The number of amidine groups is 1. The van der Waals surface area contributed by atoms with Gasteiger partial charge in [0.15, 0.2) is 5.75 Å². The van der Waals surface area contributed by atoms with E-state index in [1.807, 2.05) is 30.6 Å². The lowest BCUT2D eigenvalue weighted by atomic mass is 9.83. The molecule has 4 aromatic heterocycles. The zero-order chi connectivity index (χ0) is 36.5. The molecule has 5 aromatic carbocycles. The molecule has 0 saturated heterocycles. The maximum atomic E-state index is 6.74. The van der Waals surface area contributed by atoms with Crippen molar-refractivity contribution in [3.8, 4) is 61.6 Å². The van der Waals surface area contributed by atoms with Crippen molar-refractivity contribution in [2.45, 2.75) is 12.1 Å². The van der Waals surface area contributed by atoms with E-state index < -0.39 is 0 Å². The molecule has 2 unspecified atom stereocenters. The number of imidazole rings is 2. The summed E-state index contributed by atoms with van der Waals surface area (Å²) in [6, 6.07) is 47.4. The largest absolute Gasteiger partial charge is 0.423 e. The molecule has 13 rings (SSSR count). The number of hydrogen-bond acceptors (Lipinski definition) is 6. The molecular weight excluding hydrogens is 691 g/mol. The molecule has 8 nitrogen and oxygen atoms in total. The van der Waals surface area contributed by atoms with E-state index >= 15 is 0 Å². The number of pyridine rings is 2. The number of aliphatic imine (C=N–C) groups is 1. The van der Waals surface area contributed by atoms with Gasteiger partial charge in [0.2, 0.25) is 5.78 Å². The van der Waals surface area contributed by atoms with Crippen LogP contribution in [0.1, 0.15) is 0 Å². The van der Waals surface area contributed by atoms with Crippen LogP contribution in [-0.2, 0) is 0 Å².